The Morgan fingerprint density at radius 2 is 2.09 bits per heavy atom. The van der Waals surface area contributed by atoms with E-state index in [-0.39, 0.29) is 18.1 Å². The maximum absolute atomic E-state index is 12.2. The molecule has 2 amide bonds. The van der Waals surface area contributed by atoms with Crippen LogP contribution in [-0.2, 0) is 0 Å². The van der Waals surface area contributed by atoms with Crippen molar-refractivity contribution in [3.63, 3.8) is 0 Å². The van der Waals surface area contributed by atoms with E-state index in [0.29, 0.717) is 28.9 Å². The fourth-order valence-corrected chi connectivity index (χ4v) is 3.10. The quantitative estimate of drug-likeness (QED) is 0.811. The van der Waals surface area contributed by atoms with Gasteiger partial charge in [-0.1, -0.05) is 18.2 Å². The molecule has 4 nitrogen and oxygen atoms in total. The van der Waals surface area contributed by atoms with Crippen LogP contribution in [0, 0.1) is 5.92 Å². The van der Waals surface area contributed by atoms with Crippen molar-refractivity contribution in [3.8, 4) is 0 Å². The highest BCUT2D eigenvalue weighted by Gasteiger charge is 2.27. The van der Waals surface area contributed by atoms with Gasteiger partial charge in [-0.3, -0.25) is 0 Å². The lowest BCUT2D eigenvalue weighted by Gasteiger charge is -2.23. The number of carbonyl (C=O) groups is 1. The summed E-state index contributed by atoms with van der Waals surface area (Å²) in [7, 11) is 1.68. The Labute approximate surface area is 132 Å². The Kier molecular flexibility index (Phi) is 6.02. The number of benzene rings is 1. The molecule has 0 radical (unpaired) electrons. The molecule has 1 aromatic carbocycles. The van der Waals surface area contributed by atoms with Crippen LogP contribution in [0.4, 0.5) is 19.3 Å². The lowest BCUT2D eigenvalue weighted by atomic mass is 10.1. The van der Waals surface area contributed by atoms with Crippen LogP contribution in [0.1, 0.15) is 19.3 Å². The van der Waals surface area contributed by atoms with Gasteiger partial charge >= 0.3 is 6.03 Å². The molecule has 0 saturated heterocycles. The number of thioether (sulfide) groups is 1. The van der Waals surface area contributed by atoms with Gasteiger partial charge in [0.05, 0.1) is 6.10 Å². The van der Waals surface area contributed by atoms with Crippen molar-refractivity contribution >= 4 is 23.5 Å². The van der Waals surface area contributed by atoms with Crippen LogP contribution in [0.25, 0.3) is 0 Å². The topological polar surface area (TPSA) is 52.6 Å². The number of rotatable bonds is 5. The second-order valence-corrected chi connectivity index (χ2v) is 6.54. The highest BCUT2D eigenvalue weighted by atomic mass is 32.2. The molecule has 1 aromatic rings. The van der Waals surface area contributed by atoms with Gasteiger partial charge in [0.25, 0.3) is 5.76 Å². The maximum atomic E-state index is 12.2. The fourth-order valence-electron chi connectivity index (χ4n) is 2.60. The smallest absolute Gasteiger partial charge is 0.321 e. The van der Waals surface area contributed by atoms with Gasteiger partial charge in [-0.05, 0) is 37.1 Å². The second-order valence-electron chi connectivity index (χ2n) is 5.47. The van der Waals surface area contributed by atoms with Gasteiger partial charge in [-0.15, -0.1) is 0 Å². The van der Waals surface area contributed by atoms with E-state index in [0.717, 1.165) is 19.3 Å². The third-order valence-corrected chi connectivity index (χ3v) is 4.53. The number of aliphatic hydroxyl groups is 1. The van der Waals surface area contributed by atoms with Gasteiger partial charge in [0, 0.05) is 30.1 Å². The fraction of sp³-hybridized carbons (Fsp3) is 0.533. The molecule has 122 valence electrons. The van der Waals surface area contributed by atoms with Gasteiger partial charge in [0.15, 0.2) is 0 Å². The first-order valence-electron chi connectivity index (χ1n) is 7.21. The molecule has 1 aliphatic rings. The van der Waals surface area contributed by atoms with E-state index in [1.54, 1.807) is 36.2 Å². The number of nitrogens with zero attached hydrogens (tertiary/aromatic N) is 1. The van der Waals surface area contributed by atoms with Crippen molar-refractivity contribution in [2.24, 2.45) is 5.92 Å². The molecule has 1 aliphatic carbocycles. The number of anilines is 1. The molecule has 2 atom stereocenters. The van der Waals surface area contributed by atoms with Crippen molar-refractivity contribution < 1.29 is 18.7 Å². The number of hydrogen-bond acceptors (Lipinski definition) is 3. The van der Waals surface area contributed by atoms with E-state index in [9.17, 15) is 18.7 Å². The molecule has 7 heteroatoms. The van der Waals surface area contributed by atoms with Crippen LogP contribution in [-0.4, -0.2) is 41.5 Å². The monoisotopic (exact) mass is 330 g/mol. The minimum absolute atomic E-state index is 0.126. The third kappa shape index (κ3) is 4.84. The average Bonchev–Trinajstić information content (AvgIpc) is 2.86. The molecule has 0 aliphatic heterocycles. The van der Waals surface area contributed by atoms with Crippen LogP contribution in [0.15, 0.2) is 29.2 Å². The van der Waals surface area contributed by atoms with Crippen molar-refractivity contribution in [1.29, 1.82) is 0 Å². The minimum Gasteiger partial charge on any atom is -0.393 e. The number of hydrogen-bond donors (Lipinski definition) is 2. The van der Waals surface area contributed by atoms with Crippen molar-refractivity contribution in [2.75, 3.05) is 18.9 Å². The minimum atomic E-state index is -2.45. The highest BCUT2D eigenvalue weighted by Crippen LogP contribution is 2.27. The summed E-state index contributed by atoms with van der Waals surface area (Å²) < 4.78 is 24.5. The summed E-state index contributed by atoms with van der Waals surface area (Å²) in [4.78, 5) is 14.1. The molecule has 2 rings (SSSR count). The highest BCUT2D eigenvalue weighted by molar-refractivity contribution is 7.99. The van der Waals surface area contributed by atoms with E-state index in [1.807, 2.05) is 0 Å². The normalized spacial score (nSPS) is 21.1. The third-order valence-electron chi connectivity index (χ3n) is 3.80. The van der Waals surface area contributed by atoms with Crippen LogP contribution >= 0.6 is 11.8 Å². The standard InChI is InChI=1S/C15H20F2N2O2S/c1-19(9-10-3-2-4-13(10)20)15(21)18-11-5-7-12(8-6-11)22-14(16)17/h5-8,10,13-14,20H,2-4,9H2,1H3,(H,18,21). The lowest BCUT2D eigenvalue weighted by Crippen LogP contribution is -2.37. The van der Waals surface area contributed by atoms with Gasteiger partial charge in [-0.25, -0.2) is 4.79 Å². The molecule has 22 heavy (non-hydrogen) atoms. The number of halogens is 2. The summed E-state index contributed by atoms with van der Waals surface area (Å²) in [6, 6.07) is 6.02. The Bertz CT molecular complexity index is 499. The summed E-state index contributed by atoms with van der Waals surface area (Å²) in [5.41, 5.74) is 0.558. The molecule has 0 aromatic heterocycles. The summed E-state index contributed by atoms with van der Waals surface area (Å²) >= 11 is 0.470. The first-order chi connectivity index (χ1) is 10.5. The largest absolute Gasteiger partial charge is 0.393 e. The molecule has 2 N–H and O–H groups in total. The lowest BCUT2D eigenvalue weighted by molar-refractivity contribution is 0.116. The Morgan fingerprint density at radius 3 is 2.64 bits per heavy atom. The summed E-state index contributed by atoms with van der Waals surface area (Å²) in [6.07, 6.45) is 2.38. The van der Waals surface area contributed by atoms with Crippen LogP contribution in [0.5, 0.6) is 0 Å². The van der Waals surface area contributed by atoms with E-state index >= 15 is 0 Å². The van der Waals surface area contributed by atoms with Gasteiger partial charge in [-0.2, -0.15) is 8.78 Å². The van der Waals surface area contributed by atoms with Crippen LogP contribution in [0.2, 0.25) is 0 Å². The predicted molar refractivity (Wildman–Crippen MR) is 83.3 cm³/mol. The summed E-state index contributed by atoms with van der Waals surface area (Å²) in [5, 5.41) is 12.5. The van der Waals surface area contributed by atoms with Crippen molar-refractivity contribution in [1.82, 2.24) is 4.90 Å². The van der Waals surface area contributed by atoms with Crippen LogP contribution < -0.4 is 5.32 Å². The number of nitrogens with one attached hydrogen (secondary N) is 1. The zero-order valence-corrected chi connectivity index (χ0v) is 13.2. The molecule has 1 saturated carbocycles. The SMILES string of the molecule is CN(CC1CCCC1O)C(=O)Nc1ccc(SC(F)F)cc1. The predicted octanol–water partition coefficient (Wildman–Crippen LogP) is 3.63. The number of alkyl halides is 2. The zero-order chi connectivity index (χ0) is 16.1. The number of aliphatic hydroxyl groups excluding tert-OH is 1. The second kappa shape index (κ2) is 7.78. The van der Waals surface area contributed by atoms with E-state index in [2.05, 4.69) is 5.32 Å². The van der Waals surface area contributed by atoms with E-state index in [4.69, 9.17) is 0 Å². The van der Waals surface area contributed by atoms with Crippen LogP contribution in [0.3, 0.4) is 0 Å². The first kappa shape index (κ1) is 17.0. The average molecular weight is 330 g/mol. The number of urea groups is 1. The molecule has 2 unspecified atom stereocenters. The van der Waals surface area contributed by atoms with Crippen molar-refractivity contribution in [3.05, 3.63) is 24.3 Å². The van der Waals surface area contributed by atoms with Gasteiger partial charge < -0.3 is 15.3 Å². The molecule has 1 fully saturated rings. The first-order valence-corrected chi connectivity index (χ1v) is 8.08. The van der Waals surface area contributed by atoms with E-state index in [1.165, 1.54) is 0 Å². The molecular weight excluding hydrogens is 310 g/mol. The Balaban J connectivity index is 1.85. The van der Waals surface area contributed by atoms with Gasteiger partial charge in [0.1, 0.15) is 0 Å². The summed E-state index contributed by atoms with van der Waals surface area (Å²) in [5.74, 6) is -2.33. The molecular formula is C15H20F2N2O2S. The Hall–Kier alpha value is -1.34. The van der Waals surface area contributed by atoms with Crippen molar-refractivity contribution in [2.45, 2.75) is 36.0 Å². The van der Waals surface area contributed by atoms with Gasteiger partial charge in [0.2, 0.25) is 0 Å². The number of carbonyl (C=O) groups excluding carboxylic acids is 1. The number of amides is 2. The zero-order valence-electron chi connectivity index (χ0n) is 12.3. The Morgan fingerprint density at radius 1 is 1.41 bits per heavy atom. The maximum Gasteiger partial charge on any atom is 0.321 e. The van der Waals surface area contributed by atoms with E-state index < -0.39 is 5.76 Å². The summed E-state index contributed by atoms with van der Waals surface area (Å²) in [6.45, 7) is 0.506. The molecule has 0 spiro atoms. The molecule has 0 heterocycles. The molecule has 0 bridgehead atoms.